The van der Waals surface area contributed by atoms with Crippen LogP contribution in [0.4, 0.5) is 17.3 Å². The van der Waals surface area contributed by atoms with Crippen LogP contribution in [0.15, 0.2) is 59.8 Å². The summed E-state index contributed by atoms with van der Waals surface area (Å²) in [7, 11) is -1.21. The molecule has 0 aliphatic carbocycles. The molecule has 1 aliphatic rings. The molecule has 1 fully saturated rings. The number of hydrogen-bond acceptors (Lipinski definition) is 9. The van der Waals surface area contributed by atoms with Crippen molar-refractivity contribution in [2.45, 2.75) is 37.8 Å². The van der Waals surface area contributed by atoms with E-state index in [1.165, 1.54) is 20.3 Å². The zero-order valence-electron chi connectivity index (χ0n) is 21.5. The summed E-state index contributed by atoms with van der Waals surface area (Å²) in [6.07, 6.45) is 2.55. The lowest BCUT2D eigenvalue weighted by Gasteiger charge is -2.36. The van der Waals surface area contributed by atoms with Crippen molar-refractivity contribution < 1.29 is 22.7 Å². The molecular weight excluding hydrogens is 494 g/mol. The number of carbonyl (C=O) groups excluding carboxylic acids is 1. The Morgan fingerprint density at radius 2 is 1.84 bits per heavy atom. The molecule has 37 heavy (non-hydrogen) atoms. The number of sulfonamides is 1. The highest BCUT2D eigenvalue weighted by atomic mass is 32.2. The summed E-state index contributed by atoms with van der Waals surface area (Å²) in [6, 6.07) is 12.8. The predicted molar refractivity (Wildman–Crippen MR) is 141 cm³/mol. The van der Waals surface area contributed by atoms with Crippen LogP contribution in [-0.4, -0.2) is 50.6 Å². The number of carbonyl (C=O) groups is 1. The highest BCUT2D eigenvalue weighted by molar-refractivity contribution is 7.90. The number of anilines is 3. The Balaban J connectivity index is 1.56. The lowest BCUT2D eigenvalue weighted by molar-refractivity contribution is 0.0981. The van der Waals surface area contributed by atoms with Gasteiger partial charge in [0.15, 0.2) is 16.5 Å². The Morgan fingerprint density at radius 3 is 2.51 bits per heavy atom. The lowest BCUT2D eigenvalue weighted by atomic mass is 9.90. The first-order valence-corrected chi connectivity index (χ1v) is 13.3. The van der Waals surface area contributed by atoms with Gasteiger partial charge in [0.25, 0.3) is 15.9 Å². The fourth-order valence-corrected chi connectivity index (χ4v) is 5.26. The topological polar surface area (TPSA) is 123 Å². The Labute approximate surface area is 217 Å². The van der Waals surface area contributed by atoms with Crippen molar-refractivity contribution in [1.29, 1.82) is 0 Å². The molecule has 196 valence electrons. The number of ether oxygens (including phenoxy) is 2. The average molecular weight is 526 g/mol. The number of amides is 1. The lowest BCUT2D eigenvalue weighted by Crippen LogP contribution is -2.43. The van der Waals surface area contributed by atoms with Crippen molar-refractivity contribution in [3.63, 3.8) is 0 Å². The standard InChI is InChI=1S/C26H31N5O5S/c1-17-13-15-31(26(17,2)3)24-19(8-7-14-27-24)25(32)30-37(33,34)23-10-6-9-22(29-23)28-18-11-12-20(35-4)21(16-18)36-5/h6-12,14,16-17H,13,15H2,1-5H3,(H,28,29)(H,30,32). The quantitative estimate of drug-likeness (QED) is 0.449. The van der Waals surface area contributed by atoms with Crippen LogP contribution < -0.4 is 24.4 Å². The summed E-state index contributed by atoms with van der Waals surface area (Å²) in [5, 5.41) is 2.75. The molecule has 1 aromatic carbocycles. The second-order valence-electron chi connectivity index (χ2n) is 9.36. The van der Waals surface area contributed by atoms with E-state index >= 15 is 0 Å². The second kappa shape index (κ2) is 10.3. The molecule has 1 saturated heterocycles. The molecular formula is C26H31N5O5S. The van der Waals surface area contributed by atoms with Gasteiger partial charge in [-0.2, -0.15) is 8.42 Å². The molecule has 0 spiro atoms. The molecule has 1 atom stereocenters. The van der Waals surface area contributed by atoms with Crippen LogP contribution in [-0.2, 0) is 10.0 Å². The van der Waals surface area contributed by atoms with E-state index in [4.69, 9.17) is 9.47 Å². The zero-order chi connectivity index (χ0) is 26.8. The van der Waals surface area contributed by atoms with E-state index in [-0.39, 0.29) is 21.9 Å². The maximum atomic E-state index is 13.2. The van der Waals surface area contributed by atoms with Gasteiger partial charge in [-0.1, -0.05) is 13.0 Å². The number of methoxy groups -OCH3 is 2. The van der Waals surface area contributed by atoms with Gasteiger partial charge in [0.05, 0.1) is 19.8 Å². The van der Waals surface area contributed by atoms with Gasteiger partial charge in [-0.15, -0.1) is 0 Å². The van der Waals surface area contributed by atoms with Crippen LogP contribution in [0.5, 0.6) is 11.5 Å². The average Bonchev–Trinajstić information content (AvgIpc) is 3.15. The number of benzene rings is 1. The molecule has 0 bridgehead atoms. The molecule has 11 heteroatoms. The van der Waals surface area contributed by atoms with Crippen molar-refractivity contribution in [2.75, 3.05) is 31.0 Å². The summed E-state index contributed by atoms with van der Waals surface area (Å²) < 4.78 is 38.9. The Hall–Kier alpha value is -3.86. The van der Waals surface area contributed by atoms with Crippen LogP contribution in [0.1, 0.15) is 37.6 Å². The minimum absolute atomic E-state index is 0.188. The minimum atomic E-state index is -4.27. The molecule has 3 aromatic rings. The first kappa shape index (κ1) is 26.2. The van der Waals surface area contributed by atoms with Crippen LogP contribution >= 0.6 is 0 Å². The Bertz CT molecular complexity index is 1410. The van der Waals surface area contributed by atoms with Gasteiger partial charge in [0.2, 0.25) is 0 Å². The Morgan fingerprint density at radius 1 is 1.08 bits per heavy atom. The molecule has 2 aromatic heterocycles. The number of aromatic nitrogens is 2. The van der Waals surface area contributed by atoms with Gasteiger partial charge >= 0.3 is 0 Å². The number of rotatable bonds is 8. The van der Waals surface area contributed by atoms with Gasteiger partial charge in [-0.05, 0) is 62.6 Å². The van der Waals surface area contributed by atoms with Crippen molar-refractivity contribution >= 4 is 33.3 Å². The molecule has 1 unspecified atom stereocenters. The number of hydrogen-bond donors (Lipinski definition) is 2. The monoisotopic (exact) mass is 525 g/mol. The summed E-state index contributed by atoms with van der Waals surface area (Å²) in [5.74, 6) is 1.42. The normalized spacial score (nSPS) is 16.8. The van der Waals surface area contributed by atoms with Crippen LogP contribution in [0.3, 0.4) is 0 Å². The van der Waals surface area contributed by atoms with Crippen molar-refractivity contribution in [2.24, 2.45) is 5.92 Å². The fourth-order valence-electron chi connectivity index (χ4n) is 4.32. The third-order valence-corrected chi connectivity index (χ3v) is 8.09. The van der Waals surface area contributed by atoms with E-state index in [9.17, 15) is 13.2 Å². The number of pyridine rings is 2. The molecule has 1 amide bonds. The first-order valence-electron chi connectivity index (χ1n) is 11.8. The second-order valence-corrected chi connectivity index (χ2v) is 11.0. The van der Waals surface area contributed by atoms with E-state index in [0.717, 1.165) is 13.0 Å². The smallest absolute Gasteiger partial charge is 0.281 e. The van der Waals surface area contributed by atoms with Gasteiger partial charge in [-0.3, -0.25) is 4.79 Å². The summed E-state index contributed by atoms with van der Waals surface area (Å²) in [4.78, 5) is 23.9. The largest absolute Gasteiger partial charge is 0.493 e. The summed E-state index contributed by atoms with van der Waals surface area (Å²) in [6.45, 7) is 7.07. The van der Waals surface area contributed by atoms with Gasteiger partial charge in [0.1, 0.15) is 11.6 Å². The summed E-state index contributed by atoms with van der Waals surface area (Å²) in [5.41, 5.74) is 0.576. The first-order chi connectivity index (χ1) is 17.6. The van der Waals surface area contributed by atoms with Crippen molar-refractivity contribution in [1.82, 2.24) is 14.7 Å². The molecule has 1 aliphatic heterocycles. The van der Waals surface area contributed by atoms with E-state index in [1.807, 2.05) is 0 Å². The SMILES string of the molecule is COc1ccc(Nc2cccc(S(=O)(=O)NC(=O)c3cccnc3N3CCC(C)C3(C)C)n2)cc1OC. The Kier molecular flexibility index (Phi) is 7.26. The number of nitrogens with zero attached hydrogens (tertiary/aromatic N) is 3. The van der Waals surface area contributed by atoms with E-state index in [1.54, 1.807) is 48.7 Å². The van der Waals surface area contributed by atoms with E-state index in [2.05, 4.69) is 45.7 Å². The molecule has 2 N–H and O–H groups in total. The summed E-state index contributed by atoms with van der Waals surface area (Å²) >= 11 is 0. The third-order valence-electron chi connectivity index (χ3n) is 6.86. The van der Waals surface area contributed by atoms with Gasteiger partial charge < -0.3 is 19.7 Å². The maximum Gasteiger partial charge on any atom is 0.281 e. The zero-order valence-corrected chi connectivity index (χ0v) is 22.3. The highest BCUT2D eigenvalue weighted by Gasteiger charge is 2.40. The van der Waals surface area contributed by atoms with Crippen molar-refractivity contribution in [3.8, 4) is 11.5 Å². The minimum Gasteiger partial charge on any atom is -0.493 e. The molecule has 0 radical (unpaired) electrons. The molecule has 4 rings (SSSR count). The van der Waals surface area contributed by atoms with Crippen LogP contribution in [0.25, 0.3) is 0 Å². The fraction of sp³-hybridized carbons (Fsp3) is 0.346. The van der Waals surface area contributed by atoms with Gasteiger partial charge in [0, 0.05) is 30.0 Å². The highest BCUT2D eigenvalue weighted by Crippen LogP contribution is 2.38. The molecule has 3 heterocycles. The van der Waals surface area contributed by atoms with E-state index in [0.29, 0.717) is 28.9 Å². The maximum absolute atomic E-state index is 13.2. The number of nitrogens with one attached hydrogen (secondary N) is 2. The molecule has 10 nitrogen and oxygen atoms in total. The van der Waals surface area contributed by atoms with Crippen LogP contribution in [0.2, 0.25) is 0 Å². The van der Waals surface area contributed by atoms with Crippen molar-refractivity contribution in [3.05, 3.63) is 60.3 Å². The van der Waals surface area contributed by atoms with Gasteiger partial charge in [-0.25, -0.2) is 14.7 Å². The van der Waals surface area contributed by atoms with Crippen LogP contribution in [0, 0.1) is 5.92 Å². The van der Waals surface area contributed by atoms with E-state index < -0.39 is 15.9 Å². The predicted octanol–water partition coefficient (Wildman–Crippen LogP) is 3.98. The third kappa shape index (κ3) is 5.31. The molecule has 0 saturated carbocycles.